The second kappa shape index (κ2) is 6.00. The van der Waals surface area contributed by atoms with Crippen LogP contribution in [0.1, 0.15) is 33.3 Å². The summed E-state index contributed by atoms with van der Waals surface area (Å²) in [6.45, 7) is 7.21. The van der Waals surface area contributed by atoms with E-state index in [0.717, 1.165) is 12.1 Å². The van der Waals surface area contributed by atoms with Gasteiger partial charge in [0.05, 0.1) is 16.1 Å². The molecule has 134 valence electrons. The van der Waals surface area contributed by atoms with Gasteiger partial charge >= 0.3 is 12.6 Å². The molecule has 1 heterocycles. The van der Waals surface area contributed by atoms with E-state index in [9.17, 15) is 21.6 Å². The minimum absolute atomic E-state index is 0.260. The van der Waals surface area contributed by atoms with Gasteiger partial charge in [-0.05, 0) is 50.9 Å². The average Bonchev–Trinajstić information content (AvgIpc) is 2.65. The average molecular weight is 429 g/mol. The summed E-state index contributed by atoms with van der Waals surface area (Å²) in [5, 5.41) is 0.318. The zero-order chi connectivity index (χ0) is 18.6. The fraction of sp³-hybridized carbons (Fsp3) is 0.571. The van der Waals surface area contributed by atoms with Gasteiger partial charge < -0.3 is 9.31 Å². The van der Waals surface area contributed by atoms with Gasteiger partial charge in [0, 0.05) is 5.33 Å². The molecular formula is C14H17BBrF3O4S. The minimum Gasteiger partial charge on any atom is -0.399 e. The normalized spacial score (nSPS) is 20.4. The number of rotatable bonds is 3. The molecule has 0 unspecified atom stereocenters. The maximum absolute atomic E-state index is 12.8. The fourth-order valence-electron chi connectivity index (χ4n) is 2.18. The van der Waals surface area contributed by atoms with E-state index in [1.54, 1.807) is 27.7 Å². The van der Waals surface area contributed by atoms with E-state index in [1.807, 2.05) is 0 Å². The van der Waals surface area contributed by atoms with E-state index in [1.165, 1.54) is 6.07 Å². The first-order valence-electron chi connectivity index (χ1n) is 7.09. The predicted molar refractivity (Wildman–Crippen MR) is 88.0 cm³/mol. The Morgan fingerprint density at radius 1 is 1.12 bits per heavy atom. The first-order valence-corrected chi connectivity index (χ1v) is 9.69. The molecule has 0 N–H and O–H groups in total. The molecule has 0 saturated carbocycles. The van der Waals surface area contributed by atoms with Crippen LogP contribution in [0.25, 0.3) is 0 Å². The monoisotopic (exact) mass is 428 g/mol. The Morgan fingerprint density at radius 2 is 1.62 bits per heavy atom. The summed E-state index contributed by atoms with van der Waals surface area (Å²) in [6.07, 6.45) is 0. The van der Waals surface area contributed by atoms with Crippen LogP contribution >= 0.6 is 15.9 Å². The number of benzene rings is 1. The van der Waals surface area contributed by atoms with Crippen molar-refractivity contribution >= 4 is 38.3 Å². The van der Waals surface area contributed by atoms with Crippen molar-refractivity contribution in [1.29, 1.82) is 0 Å². The van der Waals surface area contributed by atoms with Gasteiger partial charge in [-0.15, -0.1) is 0 Å². The zero-order valence-electron chi connectivity index (χ0n) is 13.6. The van der Waals surface area contributed by atoms with Crippen molar-refractivity contribution in [3.05, 3.63) is 23.8 Å². The van der Waals surface area contributed by atoms with Crippen LogP contribution in [0.3, 0.4) is 0 Å². The summed E-state index contributed by atoms with van der Waals surface area (Å²) in [7, 11) is -6.39. The second-order valence-electron chi connectivity index (χ2n) is 6.53. The molecule has 1 aromatic carbocycles. The summed E-state index contributed by atoms with van der Waals surface area (Å²) < 4.78 is 73.4. The number of hydrogen-bond donors (Lipinski definition) is 0. The summed E-state index contributed by atoms with van der Waals surface area (Å²) in [4.78, 5) is -0.829. The van der Waals surface area contributed by atoms with Crippen LogP contribution in [0.4, 0.5) is 13.2 Å². The molecule has 2 rings (SSSR count). The Kier molecular flexibility index (Phi) is 4.94. The van der Waals surface area contributed by atoms with Crippen LogP contribution in [-0.4, -0.2) is 32.2 Å². The molecule has 1 saturated heterocycles. The number of alkyl halides is 4. The van der Waals surface area contributed by atoms with E-state index in [4.69, 9.17) is 9.31 Å². The first kappa shape index (κ1) is 19.7. The Morgan fingerprint density at radius 3 is 2.04 bits per heavy atom. The molecule has 4 nitrogen and oxygen atoms in total. The van der Waals surface area contributed by atoms with Gasteiger partial charge in [0.2, 0.25) is 0 Å². The lowest BCUT2D eigenvalue weighted by Crippen LogP contribution is -2.41. The molecule has 0 spiro atoms. The first-order chi connectivity index (χ1) is 10.7. The minimum atomic E-state index is -5.44. The van der Waals surface area contributed by atoms with Gasteiger partial charge in [-0.3, -0.25) is 0 Å². The van der Waals surface area contributed by atoms with Gasteiger partial charge in [0.15, 0.2) is 0 Å². The third-order valence-electron chi connectivity index (χ3n) is 4.38. The summed E-state index contributed by atoms with van der Waals surface area (Å²) in [6, 6.07) is 3.24. The maximum Gasteiger partial charge on any atom is 0.501 e. The van der Waals surface area contributed by atoms with E-state index in [0.29, 0.717) is 10.9 Å². The molecule has 0 radical (unpaired) electrons. The van der Waals surface area contributed by atoms with E-state index < -0.39 is 38.6 Å². The van der Waals surface area contributed by atoms with Crippen molar-refractivity contribution in [2.45, 2.75) is 54.6 Å². The molecule has 10 heteroatoms. The van der Waals surface area contributed by atoms with Gasteiger partial charge in [-0.2, -0.15) is 13.2 Å². The van der Waals surface area contributed by atoms with Gasteiger partial charge in [-0.1, -0.05) is 22.0 Å². The van der Waals surface area contributed by atoms with E-state index >= 15 is 0 Å². The molecular weight excluding hydrogens is 412 g/mol. The lowest BCUT2D eigenvalue weighted by Gasteiger charge is -2.32. The molecule has 1 aromatic rings. The summed E-state index contributed by atoms with van der Waals surface area (Å²) in [5.74, 6) is 0. The predicted octanol–water partition coefficient (Wildman–Crippen LogP) is 3.17. The highest BCUT2D eigenvalue weighted by molar-refractivity contribution is 9.08. The van der Waals surface area contributed by atoms with Crippen LogP contribution in [-0.2, 0) is 24.5 Å². The maximum atomic E-state index is 12.8. The topological polar surface area (TPSA) is 52.6 Å². The Balaban J connectivity index is 2.54. The Hall–Kier alpha value is -0.575. The number of halogens is 4. The van der Waals surface area contributed by atoms with Crippen LogP contribution in [0.15, 0.2) is 23.1 Å². The summed E-state index contributed by atoms with van der Waals surface area (Å²) in [5.41, 5.74) is -5.90. The molecule has 0 atom stereocenters. The van der Waals surface area contributed by atoms with Crippen LogP contribution < -0.4 is 5.46 Å². The number of sulfone groups is 1. The van der Waals surface area contributed by atoms with Crippen molar-refractivity contribution in [3.63, 3.8) is 0 Å². The molecule has 1 aliphatic rings. The smallest absolute Gasteiger partial charge is 0.399 e. The van der Waals surface area contributed by atoms with Crippen molar-refractivity contribution < 1.29 is 30.9 Å². The highest BCUT2D eigenvalue weighted by Crippen LogP contribution is 2.37. The summed E-state index contributed by atoms with van der Waals surface area (Å²) >= 11 is 3.24. The number of hydrogen-bond acceptors (Lipinski definition) is 4. The Labute approximate surface area is 147 Å². The molecule has 0 amide bonds. The van der Waals surface area contributed by atoms with E-state index in [-0.39, 0.29) is 5.46 Å². The third kappa shape index (κ3) is 3.25. The van der Waals surface area contributed by atoms with Crippen molar-refractivity contribution in [3.8, 4) is 0 Å². The molecule has 24 heavy (non-hydrogen) atoms. The van der Waals surface area contributed by atoms with Gasteiger partial charge in [0.1, 0.15) is 0 Å². The molecule has 1 aliphatic heterocycles. The van der Waals surface area contributed by atoms with E-state index in [2.05, 4.69) is 15.9 Å². The van der Waals surface area contributed by atoms with Gasteiger partial charge in [0.25, 0.3) is 9.84 Å². The fourth-order valence-corrected chi connectivity index (χ4v) is 3.49. The van der Waals surface area contributed by atoms with Crippen molar-refractivity contribution in [2.75, 3.05) is 0 Å². The molecule has 0 bridgehead atoms. The van der Waals surface area contributed by atoms with Crippen LogP contribution in [0.2, 0.25) is 0 Å². The highest BCUT2D eigenvalue weighted by Gasteiger charge is 2.53. The molecule has 0 aliphatic carbocycles. The molecule has 0 aromatic heterocycles. The van der Waals surface area contributed by atoms with Gasteiger partial charge in [-0.25, -0.2) is 8.42 Å². The Bertz CT molecular complexity index is 731. The largest absolute Gasteiger partial charge is 0.501 e. The molecule has 1 fully saturated rings. The lowest BCUT2D eigenvalue weighted by atomic mass is 9.76. The van der Waals surface area contributed by atoms with Crippen molar-refractivity contribution in [2.24, 2.45) is 0 Å². The SMILES string of the molecule is CC1(C)OB(c2cc(S(=O)(=O)C(F)(F)F)ccc2CBr)OC1(C)C. The lowest BCUT2D eigenvalue weighted by molar-refractivity contribution is -0.0436. The third-order valence-corrected chi connectivity index (χ3v) is 6.47. The highest BCUT2D eigenvalue weighted by atomic mass is 79.9. The quantitative estimate of drug-likeness (QED) is 0.548. The van der Waals surface area contributed by atoms with Crippen LogP contribution in [0.5, 0.6) is 0 Å². The second-order valence-corrected chi connectivity index (χ2v) is 9.03. The zero-order valence-corrected chi connectivity index (χ0v) is 16.0. The standard InChI is InChI=1S/C14H17BBrF3O4S/c1-12(2)13(3,4)23-15(22-12)11-7-10(6-5-9(11)8-16)24(20,21)14(17,18)19/h5-7H,8H2,1-4H3. The van der Waals surface area contributed by atoms with Crippen molar-refractivity contribution in [1.82, 2.24) is 0 Å². The van der Waals surface area contributed by atoms with Crippen LogP contribution in [0, 0.1) is 0 Å².